The molecule has 2 N–H and O–H groups in total. The summed E-state index contributed by atoms with van der Waals surface area (Å²) < 4.78 is 4.92. The largest absolute Gasteiger partial charge is 0.396 e. The lowest BCUT2D eigenvalue weighted by Gasteiger charge is -2.12. The molecule has 0 saturated carbocycles. The molecule has 0 bridgehead atoms. The molecule has 0 heterocycles. The van der Waals surface area contributed by atoms with E-state index in [4.69, 9.17) is 14.9 Å². The molecule has 0 aliphatic heterocycles. The summed E-state index contributed by atoms with van der Waals surface area (Å²) in [6.45, 7) is 1.20. The van der Waals surface area contributed by atoms with E-state index in [0.29, 0.717) is 12.5 Å². The van der Waals surface area contributed by atoms with Gasteiger partial charge >= 0.3 is 0 Å². The van der Waals surface area contributed by atoms with Gasteiger partial charge in [0.05, 0.1) is 0 Å². The zero-order chi connectivity index (χ0) is 9.23. The van der Waals surface area contributed by atoms with E-state index in [1.807, 2.05) is 0 Å². The van der Waals surface area contributed by atoms with Crippen LogP contribution in [0.25, 0.3) is 0 Å². The second-order valence-electron chi connectivity index (χ2n) is 3.05. The summed E-state index contributed by atoms with van der Waals surface area (Å²) in [5, 5.41) is 17.5. The van der Waals surface area contributed by atoms with Gasteiger partial charge in [0.25, 0.3) is 0 Å². The van der Waals surface area contributed by atoms with Crippen LogP contribution in [-0.2, 0) is 4.74 Å². The van der Waals surface area contributed by atoms with Crippen LogP contribution in [-0.4, -0.2) is 37.1 Å². The second kappa shape index (κ2) is 8.97. The van der Waals surface area contributed by atoms with Gasteiger partial charge in [-0.05, 0) is 25.2 Å². The van der Waals surface area contributed by atoms with Gasteiger partial charge in [-0.25, -0.2) is 0 Å². The van der Waals surface area contributed by atoms with Crippen molar-refractivity contribution in [3.8, 4) is 0 Å². The van der Waals surface area contributed by atoms with E-state index in [0.717, 1.165) is 25.7 Å². The first kappa shape index (κ1) is 11.9. The van der Waals surface area contributed by atoms with Crippen molar-refractivity contribution in [3.63, 3.8) is 0 Å². The third-order valence-corrected chi connectivity index (χ3v) is 2.01. The zero-order valence-electron chi connectivity index (χ0n) is 7.83. The summed E-state index contributed by atoms with van der Waals surface area (Å²) in [5.74, 6) is 0.344. The van der Waals surface area contributed by atoms with E-state index in [9.17, 15) is 0 Å². The Morgan fingerprint density at radius 1 is 1.17 bits per heavy atom. The van der Waals surface area contributed by atoms with Gasteiger partial charge in [0.1, 0.15) is 0 Å². The van der Waals surface area contributed by atoms with Crippen LogP contribution < -0.4 is 0 Å². The van der Waals surface area contributed by atoms with Gasteiger partial charge in [0, 0.05) is 26.9 Å². The van der Waals surface area contributed by atoms with Gasteiger partial charge in [-0.15, -0.1) is 0 Å². The maximum atomic E-state index is 8.93. The fourth-order valence-corrected chi connectivity index (χ4v) is 1.16. The van der Waals surface area contributed by atoms with Crippen molar-refractivity contribution in [1.29, 1.82) is 0 Å². The number of rotatable bonds is 8. The summed E-state index contributed by atoms with van der Waals surface area (Å²) in [6, 6.07) is 0. The van der Waals surface area contributed by atoms with Crippen LogP contribution in [0, 0.1) is 5.92 Å². The molecule has 0 aliphatic carbocycles. The van der Waals surface area contributed by atoms with Crippen LogP contribution in [0.3, 0.4) is 0 Å². The Labute approximate surface area is 74.4 Å². The summed E-state index contributed by atoms with van der Waals surface area (Å²) >= 11 is 0. The number of hydrogen-bond acceptors (Lipinski definition) is 3. The smallest absolute Gasteiger partial charge is 0.0465 e. The normalized spacial score (nSPS) is 13.2. The van der Waals surface area contributed by atoms with E-state index in [1.165, 1.54) is 0 Å². The van der Waals surface area contributed by atoms with Crippen molar-refractivity contribution < 1.29 is 14.9 Å². The molecule has 0 aromatic rings. The van der Waals surface area contributed by atoms with Gasteiger partial charge in [-0.3, -0.25) is 0 Å². The molecule has 3 nitrogen and oxygen atoms in total. The minimum Gasteiger partial charge on any atom is -0.396 e. The Morgan fingerprint density at radius 3 is 2.42 bits per heavy atom. The Hall–Kier alpha value is -0.120. The van der Waals surface area contributed by atoms with E-state index in [-0.39, 0.29) is 13.2 Å². The molecule has 0 spiro atoms. The summed E-state index contributed by atoms with van der Waals surface area (Å²) in [5.41, 5.74) is 0. The van der Waals surface area contributed by atoms with Crippen LogP contribution in [0.2, 0.25) is 0 Å². The SMILES string of the molecule is COCC[C@@H](CO)CCCCO. The third kappa shape index (κ3) is 6.58. The molecule has 0 aliphatic rings. The fraction of sp³-hybridized carbons (Fsp3) is 1.00. The zero-order valence-corrected chi connectivity index (χ0v) is 7.83. The monoisotopic (exact) mass is 176 g/mol. The Balaban J connectivity index is 3.26. The quantitative estimate of drug-likeness (QED) is 0.538. The first-order chi connectivity index (χ1) is 5.85. The van der Waals surface area contributed by atoms with E-state index in [1.54, 1.807) is 7.11 Å². The van der Waals surface area contributed by atoms with Crippen molar-refractivity contribution in [2.45, 2.75) is 25.7 Å². The van der Waals surface area contributed by atoms with Crippen LogP contribution >= 0.6 is 0 Å². The van der Waals surface area contributed by atoms with E-state index in [2.05, 4.69) is 0 Å². The Kier molecular flexibility index (Phi) is 8.88. The van der Waals surface area contributed by atoms with Crippen LogP contribution in [0.4, 0.5) is 0 Å². The molecule has 12 heavy (non-hydrogen) atoms. The highest BCUT2D eigenvalue weighted by molar-refractivity contribution is 4.57. The number of ether oxygens (including phenoxy) is 1. The molecular weight excluding hydrogens is 156 g/mol. The lowest BCUT2D eigenvalue weighted by molar-refractivity contribution is 0.141. The lowest BCUT2D eigenvalue weighted by atomic mass is 10.00. The Bertz CT molecular complexity index is 85.8. The molecule has 1 atom stereocenters. The maximum absolute atomic E-state index is 8.93. The molecule has 0 unspecified atom stereocenters. The molecule has 0 fully saturated rings. The number of unbranched alkanes of at least 4 members (excludes halogenated alkanes) is 1. The van der Waals surface area contributed by atoms with E-state index < -0.39 is 0 Å². The van der Waals surface area contributed by atoms with Gasteiger partial charge in [0.15, 0.2) is 0 Å². The highest BCUT2D eigenvalue weighted by atomic mass is 16.5. The average molecular weight is 176 g/mol. The van der Waals surface area contributed by atoms with Crippen molar-refractivity contribution in [2.24, 2.45) is 5.92 Å². The van der Waals surface area contributed by atoms with Gasteiger partial charge in [-0.2, -0.15) is 0 Å². The highest BCUT2D eigenvalue weighted by Gasteiger charge is 2.05. The van der Waals surface area contributed by atoms with Gasteiger partial charge in [0.2, 0.25) is 0 Å². The molecule has 0 radical (unpaired) electrons. The van der Waals surface area contributed by atoms with Gasteiger partial charge < -0.3 is 14.9 Å². The van der Waals surface area contributed by atoms with Gasteiger partial charge in [-0.1, -0.05) is 6.42 Å². The summed E-state index contributed by atoms with van der Waals surface area (Å²) in [7, 11) is 1.67. The molecular formula is C9H20O3. The topological polar surface area (TPSA) is 49.7 Å². The minimum absolute atomic E-state index is 0.231. The molecule has 3 heteroatoms. The summed E-state index contributed by atoms with van der Waals surface area (Å²) in [4.78, 5) is 0. The van der Waals surface area contributed by atoms with Crippen LogP contribution in [0.5, 0.6) is 0 Å². The molecule has 0 rings (SSSR count). The van der Waals surface area contributed by atoms with Crippen molar-refractivity contribution >= 4 is 0 Å². The molecule has 0 aromatic heterocycles. The lowest BCUT2D eigenvalue weighted by Crippen LogP contribution is -2.09. The number of aliphatic hydroxyl groups excluding tert-OH is 2. The number of methoxy groups -OCH3 is 1. The predicted octanol–water partition coefficient (Wildman–Crippen LogP) is 0.794. The Morgan fingerprint density at radius 2 is 1.92 bits per heavy atom. The predicted molar refractivity (Wildman–Crippen MR) is 48.0 cm³/mol. The minimum atomic E-state index is 0.231. The molecule has 0 aromatic carbocycles. The first-order valence-corrected chi connectivity index (χ1v) is 4.55. The number of hydrogen-bond donors (Lipinski definition) is 2. The highest BCUT2D eigenvalue weighted by Crippen LogP contribution is 2.11. The van der Waals surface area contributed by atoms with E-state index >= 15 is 0 Å². The standard InChI is InChI=1S/C9H20O3/c1-12-7-5-9(8-11)4-2-3-6-10/h9-11H,2-8H2,1H3/t9-/m0/s1. The number of aliphatic hydroxyl groups is 2. The average Bonchev–Trinajstić information content (AvgIpc) is 2.11. The van der Waals surface area contributed by atoms with Crippen LogP contribution in [0.1, 0.15) is 25.7 Å². The maximum Gasteiger partial charge on any atom is 0.0465 e. The first-order valence-electron chi connectivity index (χ1n) is 4.55. The summed E-state index contributed by atoms with van der Waals surface area (Å²) in [6.07, 6.45) is 3.73. The molecule has 74 valence electrons. The van der Waals surface area contributed by atoms with Crippen molar-refractivity contribution in [1.82, 2.24) is 0 Å². The van der Waals surface area contributed by atoms with Crippen molar-refractivity contribution in [2.75, 3.05) is 26.9 Å². The van der Waals surface area contributed by atoms with Crippen molar-refractivity contribution in [3.05, 3.63) is 0 Å². The third-order valence-electron chi connectivity index (χ3n) is 2.01. The second-order valence-corrected chi connectivity index (χ2v) is 3.05. The van der Waals surface area contributed by atoms with Crippen LogP contribution in [0.15, 0.2) is 0 Å². The molecule has 0 saturated heterocycles. The molecule has 0 amide bonds. The fourth-order valence-electron chi connectivity index (χ4n) is 1.16.